The summed E-state index contributed by atoms with van der Waals surface area (Å²) in [6.07, 6.45) is 0.824. The molecule has 0 atom stereocenters. The molecule has 5 nitrogen and oxygen atoms in total. The van der Waals surface area contributed by atoms with Gasteiger partial charge in [0.25, 0.3) is 0 Å². The highest BCUT2D eigenvalue weighted by Gasteiger charge is 2.10. The smallest absolute Gasteiger partial charge is 0.149 e. The van der Waals surface area contributed by atoms with Crippen molar-refractivity contribution >= 4 is 17.3 Å². The minimum Gasteiger partial charge on any atom is -0.385 e. The molecule has 0 bridgehead atoms. The van der Waals surface area contributed by atoms with Crippen molar-refractivity contribution < 1.29 is 13.5 Å². The summed E-state index contributed by atoms with van der Waals surface area (Å²) in [5.41, 5.74) is -0.231. The van der Waals surface area contributed by atoms with Gasteiger partial charge in [-0.15, -0.1) is 0 Å². The van der Waals surface area contributed by atoms with Crippen molar-refractivity contribution in [1.82, 2.24) is 9.97 Å². The van der Waals surface area contributed by atoms with Crippen molar-refractivity contribution in [3.05, 3.63) is 41.7 Å². The van der Waals surface area contributed by atoms with Gasteiger partial charge in [-0.1, -0.05) is 6.07 Å². The van der Waals surface area contributed by atoms with Crippen LogP contribution in [0, 0.1) is 18.6 Å². The van der Waals surface area contributed by atoms with Crippen molar-refractivity contribution in [3.8, 4) is 0 Å². The molecule has 2 N–H and O–H groups in total. The van der Waals surface area contributed by atoms with E-state index in [1.165, 1.54) is 18.2 Å². The molecule has 0 saturated heterocycles. The van der Waals surface area contributed by atoms with Gasteiger partial charge < -0.3 is 15.4 Å². The zero-order valence-electron chi connectivity index (χ0n) is 12.5. The van der Waals surface area contributed by atoms with E-state index in [2.05, 4.69) is 20.6 Å². The second-order valence-corrected chi connectivity index (χ2v) is 4.68. The van der Waals surface area contributed by atoms with Gasteiger partial charge in [-0.05, 0) is 25.5 Å². The molecule has 2 rings (SSSR count). The van der Waals surface area contributed by atoms with E-state index in [4.69, 9.17) is 4.74 Å². The summed E-state index contributed by atoms with van der Waals surface area (Å²) in [6.45, 7) is 3.03. The first-order valence-electron chi connectivity index (χ1n) is 6.89. The SMILES string of the molecule is COCCCNc1cc(Nc2c(F)cccc2F)nc(C)n1. The van der Waals surface area contributed by atoms with Crippen LogP contribution in [0.5, 0.6) is 0 Å². The molecule has 0 aliphatic rings. The Morgan fingerprint density at radius 2 is 1.82 bits per heavy atom. The van der Waals surface area contributed by atoms with Crippen molar-refractivity contribution in [2.75, 3.05) is 30.9 Å². The van der Waals surface area contributed by atoms with Crippen LogP contribution in [0.1, 0.15) is 12.2 Å². The van der Waals surface area contributed by atoms with E-state index < -0.39 is 11.6 Å². The summed E-state index contributed by atoms with van der Waals surface area (Å²) in [5, 5.41) is 5.77. The van der Waals surface area contributed by atoms with Crippen molar-refractivity contribution in [1.29, 1.82) is 0 Å². The van der Waals surface area contributed by atoms with Crippen LogP contribution in [0.15, 0.2) is 24.3 Å². The monoisotopic (exact) mass is 308 g/mol. The number of rotatable bonds is 7. The highest BCUT2D eigenvalue weighted by atomic mass is 19.1. The number of nitrogens with zero attached hydrogens (tertiary/aromatic N) is 2. The summed E-state index contributed by atoms with van der Waals surface area (Å²) < 4.78 is 32.3. The molecule has 0 amide bonds. The summed E-state index contributed by atoms with van der Waals surface area (Å²) in [7, 11) is 1.64. The molecule has 0 spiro atoms. The Morgan fingerprint density at radius 1 is 1.14 bits per heavy atom. The molecule has 0 aliphatic carbocycles. The maximum absolute atomic E-state index is 13.6. The largest absolute Gasteiger partial charge is 0.385 e. The van der Waals surface area contributed by atoms with Gasteiger partial charge in [0, 0.05) is 26.3 Å². The molecule has 0 aliphatic heterocycles. The van der Waals surface area contributed by atoms with Gasteiger partial charge in [0.2, 0.25) is 0 Å². The van der Waals surface area contributed by atoms with Crippen LogP contribution in [-0.2, 0) is 4.74 Å². The molecule has 118 valence electrons. The quantitative estimate of drug-likeness (QED) is 0.769. The third-order valence-corrected chi connectivity index (χ3v) is 2.89. The lowest BCUT2D eigenvalue weighted by Gasteiger charge is -2.11. The number of ether oxygens (including phenoxy) is 1. The average molecular weight is 308 g/mol. The minimum atomic E-state index is -0.675. The van der Waals surface area contributed by atoms with Crippen molar-refractivity contribution in [2.24, 2.45) is 0 Å². The molecule has 2 aromatic rings. The van der Waals surface area contributed by atoms with E-state index in [0.717, 1.165) is 6.42 Å². The summed E-state index contributed by atoms with van der Waals surface area (Å²) in [5.74, 6) is 0.0568. The van der Waals surface area contributed by atoms with Crippen LogP contribution in [-0.4, -0.2) is 30.2 Å². The Hall–Kier alpha value is -2.28. The van der Waals surface area contributed by atoms with Crippen LogP contribution in [0.25, 0.3) is 0 Å². The van der Waals surface area contributed by atoms with Crippen molar-refractivity contribution in [3.63, 3.8) is 0 Å². The average Bonchev–Trinajstić information content (AvgIpc) is 2.47. The maximum atomic E-state index is 13.6. The zero-order valence-corrected chi connectivity index (χ0v) is 12.5. The van der Waals surface area contributed by atoms with Gasteiger partial charge in [-0.3, -0.25) is 0 Å². The number of nitrogens with one attached hydrogen (secondary N) is 2. The summed E-state index contributed by atoms with van der Waals surface area (Å²) in [4.78, 5) is 8.36. The fraction of sp³-hybridized carbons (Fsp3) is 0.333. The number of anilines is 3. The Bertz CT molecular complexity index is 617. The second kappa shape index (κ2) is 7.65. The molecule has 1 aromatic carbocycles. The van der Waals surface area contributed by atoms with Crippen LogP contribution in [0.2, 0.25) is 0 Å². The summed E-state index contributed by atoms with van der Waals surface area (Å²) >= 11 is 0. The highest BCUT2D eigenvalue weighted by molar-refractivity contribution is 5.60. The van der Waals surface area contributed by atoms with E-state index in [1.54, 1.807) is 20.1 Å². The lowest BCUT2D eigenvalue weighted by atomic mass is 10.3. The van der Waals surface area contributed by atoms with Gasteiger partial charge in [-0.25, -0.2) is 18.7 Å². The standard InChI is InChI=1S/C15H18F2N4O/c1-10-19-13(18-7-4-8-22-2)9-14(20-10)21-15-11(16)5-3-6-12(15)17/h3,5-6,9H,4,7-8H2,1-2H3,(H2,18,19,20,21). The normalized spacial score (nSPS) is 10.5. The Morgan fingerprint density at radius 3 is 2.50 bits per heavy atom. The van der Waals surface area contributed by atoms with Gasteiger partial charge in [0.15, 0.2) is 0 Å². The molecular weight excluding hydrogens is 290 g/mol. The number of aryl methyl sites for hydroxylation is 1. The third kappa shape index (κ3) is 4.36. The molecular formula is C15H18F2N4O. The first-order chi connectivity index (χ1) is 10.6. The van der Waals surface area contributed by atoms with E-state index >= 15 is 0 Å². The predicted octanol–water partition coefficient (Wildman–Crippen LogP) is 3.26. The molecule has 1 heterocycles. The number of hydrogen-bond donors (Lipinski definition) is 2. The van der Waals surface area contributed by atoms with Gasteiger partial charge in [0.05, 0.1) is 0 Å². The van der Waals surface area contributed by atoms with Crippen LogP contribution >= 0.6 is 0 Å². The molecule has 0 radical (unpaired) electrons. The number of halogens is 2. The van der Waals surface area contributed by atoms with E-state index in [1.807, 2.05) is 0 Å². The summed E-state index contributed by atoms with van der Waals surface area (Å²) in [6, 6.07) is 5.28. The first-order valence-corrected chi connectivity index (χ1v) is 6.89. The fourth-order valence-corrected chi connectivity index (χ4v) is 1.90. The van der Waals surface area contributed by atoms with Gasteiger partial charge in [-0.2, -0.15) is 0 Å². The number of hydrogen-bond acceptors (Lipinski definition) is 5. The highest BCUT2D eigenvalue weighted by Crippen LogP contribution is 2.23. The van der Waals surface area contributed by atoms with Crippen LogP contribution in [0.3, 0.4) is 0 Å². The van der Waals surface area contributed by atoms with E-state index in [0.29, 0.717) is 30.6 Å². The zero-order chi connectivity index (χ0) is 15.9. The molecule has 0 saturated carbocycles. The molecule has 0 unspecified atom stereocenters. The number of aromatic nitrogens is 2. The Balaban J connectivity index is 2.12. The first kappa shape index (κ1) is 16.1. The lowest BCUT2D eigenvalue weighted by Crippen LogP contribution is -2.08. The van der Waals surface area contributed by atoms with Crippen molar-refractivity contribution in [2.45, 2.75) is 13.3 Å². The minimum absolute atomic E-state index is 0.231. The lowest BCUT2D eigenvalue weighted by molar-refractivity contribution is 0.198. The molecule has 7 heteroatoms. The molecule has 0 fully saturated rings. The second-order valence-electron chi connectivity index (χ2n) is 4.68. The van der Waals surface area contributed by atoms with E-state index in [-0.39, 0.29) is 5.69 Å². The molecule has 22 heavy (non-hydrogen) atoms. The van der Waals surface area contributed by atoms with Gasteiger partial charge >= 0.3 is 0 Å². The topological polar surface area (TPSA) is 59.1 Å². The maximum Gasteiger partial charge on any atom is 0.149 e. The number of para-hydroxylation sites is 1. The third-order valence-electron chi connectivity index (χ3n) is 2.89. The Kier molecular flexibility index (Phi) is 5.60. The Labute approximate surface area is 127 Å². The predicted molar refractivity (Wildman–Crippen MR) is 81.4 cm³/mol. The molecule has 1 aromatic heterocycles. The van der Waals surface area contributed by atoms with E-state index in [9.17, 15) is 8.78 Å². The van der Waals surface area contributed by atoms with Gasteiger partial charge in [0.1, 0.15) is 34.8 Å². The number of benzene rings is 1. The fourth-order valence-electron chi connectivity index (χ4n) is 1.90. The van der Waals surface area contributed by atoms with Crippen LogP contribution < -0.4 is 10.6 Å². The number of methoxy groups -OCH3 is 1. The van der Waals surface area contributed by atoms with Crippen LogP contribution in [0.4, 0.5) is 26.1 Å².